The molecule has 2 N–H and O–H groups in total. The van der Waals surface area contributed by atoms with E-state index in [-0.39, 0.29) is 5.91 Å². The fraction of sp³-hybridized carbons (Fsp3) is 0.643. The van der Waals surface area contributed by atoms with Gasteiger partial charge in [0.2, 0.25) is 11.9 Å². The number of hydrogen-bond acceptors (Lipinski definition) is 5. The summed E-state index contributed by atoms with van der Waals surface area (Å²) in [5.74, 6) is 1.01. The van der Waals surface area contributed by atoms with E-state index < -0.39 is 0 Å². The lowest BCUT2D eigenvalue weighted by atomic mass is 10.1. The summed E-state index contributed by atoms with van der Waals surface area (Å²) in [6.45, 7) is 3.84. The molecular weight excluding hydrogens is 254 g/mol. The van der Waals surface area contributed by atoms with E-state index in [1.807, 2.05) is 11.0 Å². The molecule has 1 fully saturated rings. The molecule has 0 spiro atoms. The first-order chi connectivity index (χ1) is 9.81. The van der Waals surface area contributed by atoms with E-state index >= 15 is 0 Å². The van der Waals surface area contributed by atoms with Crippen molar-refractivity contribution in [1.82, 2.24) is 14.9 Å². The molecule has 20 heavy (non-hydrogen) atoms. The van der Waals surface area contributed by atoms with E-state index in [0.29, 0.717) is 13.0 Å². The van der Waals surface area contributed by atoms with Crippen molar-refractivity contribution in [2.75, 3.05) is 37.6 Å². The van der Waals surface area contributed by atoms with Crippen LogP contribution in [0.4, 0.5) is 5.95 Å². The molecule has 6 nitrogen and oxygen atoms in total. The van der Waals surface area contributed by atoms with Crippen molar-refractivity contribution >= 4 is 11.9 Å². The molecule has 1 aliphatic heterocycles. The standard InChI is InChI=1S/C14H23N5O/c15-6-3-1-2-5-13(20)18-9-11-19(12-10-18)14-16-7-4-8-17-14/h4,7-8H,1-3,5-6,9-12,15H2. The van der Waals surface area contributed by atoms with Crippen LogP contribution >= 0.6 is 0 Å². The second-order valence-electron chi connectivity index (χ2n) is 5.02. The maximum atomic E-state index is 12.0. The van der Waals surface area contributed by atoms with E-state index in [4.69, 9.17) is 5.73 Å². The Hall–Kier alpha value is -1.69. The molecule has 2 rings (SSSR count). The average Bonchev–Trinajstić information content (AvgIpc) is 2.52. The summed E-state index contributed by atoms with van der Waals surface area (Å²) < 4.78 is 0. The van der Waals surface area contributed by atoms with Gasteiger partial charge < -0.3 is 15.5 Å². The van der Waals surface area contributed by atoms with E-state index in [1.54, 1.807) is 12.4 Å². The first-order valence-electron chi connectivity index (χ1n) is 7.31. The van der Waals surface area contributed by atoms with Gasteiger partial charge in [0.15, 0.2) is 0 Å². The highest BCUT2D eigenvalue weighted by molar-refractivity contribution is 5.76. The van der Waals surface area contributed by atoms with Gasteiger partial charge in [0.05, 0.1) is 0 Å². The average molecular weight is 277 g/mol. The van der Waals surface area contributed by atoms with Gasteiger partial charge in [-0.1, -0.05) is 6.42 Å². The summed E-state index contributed by atoms with van der Waals surface area (Å²) in [6.07, 6.45) is 7.13. The summed E-state index contributed by atoms with van der Waals surface area (Å²) in [4.78, 5) is 24.6. The Balaban J connectivity index is 1.72. The van der Waals surface area contributed by atoms with Gasteiger partial charge in [0.25, 0.3) is 0 Å². The molecule has 0 radical (unpaired) electrons. The molecule has 6 heteroatoms. The van der Waals surface area contributed by atoms with Crippen molar-refractivity contribution in [3.05, 3.63) is 18.5 Å². The lowest BCUT2D eigenvalue weighted by molar-refractivity contribution is -0.131. The summed E-state index contributed by atoms with van der Waals surface area (Å²) >= 11 is 0. The van der Waals surface area contributed by atoms with Crippen molar-refractivity contribution in [3.63, 3.8) is 0 Å². The predicted molar refractivity (Wildman–Crippen MR) is 78.3 cm³/mol. The molecule has 1 aliphatic rings. The highest BCUT2D eigenvalue weighted by Crippen LogP contribution is 2.11. The molecule has 0 aliphatic carbocycles. The smallest absolute Gasteiger partial charge is 0.225 e. The van der Waals surface area contributed by atoms with Crippen LogP contribution in [0.25, 0.3) is 0 Å². The molecule has 110 valence electrons. The third-order valence-electron chi connectivity index (χ3n) is 3.56. The van der Waals surface area contributed by atoms with Crippen LogP contribution in [0.2, 0.25) is 0 Å². The number of unbranched alkanes of at least 4 members (excludes halogenated alkanes) is 2. The van der Waals surface area contributed by atoms with Gasteiger partial charge in [-0.15, -0.1) is 0 Å². The SMILES string of the molecule is NCCCCCC(=O)N1CCN(c2ncccn2)CC1. The maximum absolute atomic E-state index is 12.0. The highest BCUT2D eigenvalue weighted by atomic mass is 16.2. The monoisotopic (exact) mass is 277 g/mol. The Morgan fingerprint density at radius 3 is 2.45 bits per heavy atom. The number of carbonyl (C=O) groups is 1. The van der Waals surface area contributed by atoms with Crippen molar-refractivity contribution < 1.29 is 4.79 Å². The van der Waals surface area contributed by atoms with Gasteiger partial charge in [-0.2, -0.15) is 0 Å². The van der Waals surface area contributed by atoms with E-state index in [2.05, 4.69) is 14.9 Å². The zero-order valence-corrected chi connectivity index (χ0v) is 11.9. The minimum Gasteiger partial charge on any atom is -0.339 e. The zero-order valence-electron chi connectivity index (χ0n) is 11.9. The molecule has 0 saturated carbocycles. The molecule has 0 aromatic carbocycles. The molecule has 1 saturated heterocycles. The lowest BCUT2D eigenvalue weighted by Gasteiger charge is -2.34. The first-order valence-corrected chi connectivity index (χ1v) is 7.31. The number of piperazine rings is 1. The van der Waals surface area contributed by atoms with E-state index in [1.165, 1.54) is 0 Å². The van der Waals surface area contributed by atoms with Crippen molar-refractivity contribution in [2.45, 2.75) is 25.7 Å². The topological polar surface area (TPSA) is 75.4 Å². The quantitative estimate of drug-likeness (QED) is 0.772. The summed E-state index contributed by atoms with van der Waals surface area (Å²) in [5, 5.41) is 0. The lowest BCUT2D eigenvalue weighted by Crippen LogP contribution is -2.49. The van der Waals surface area contributed by atoms with Crippen molar-refractivity contribution in [3.8, 4) is 0 Å². The minimum absolute atomic E-state index is 0.260. The Morgan fingerprint density at radius 2 is 1.80 bits per heavy atom. The van der Waals surface area contributed by atoms with Crippen LogP contribution in [0.1, 0.15) is 25.7 Å². The van der Waals surface area contributed by atoms with Gasteiger partial charge >= 0.3 is 0 Å². The Kier molecular flexibility index (Phi) is 5.73. The normalized spacial score (nSPS) is 15.4. The summed E-state index contributed by atoms with van der Waals surface area (Å²) in [6, 6.07) is 1.81. The van der Waals surface area contributed by atoms with Crippen LogP contribution < -0.4 is 10.6 Å². The maximum Gasteiger partial charge on any atom is 0.225 e. The molecule has 1 aromatic heterocycles. The Morgan fingerprint density at radius 1 is 1.10 bits per heavy atom. The number of amides is 1. The largest absolute Gasteiger partial charge is 0.339 e. The fourth-order valence-electron chi connectivity index (χ4n) is 2.37. The van der Waals surface area contributed by atoms with Gasteiger partial charge in [-0.05, 0) is 25.5 Å². The third kappa shape index (κ3) is 4.16. The second kappa shape index (κ2) is 7.79. The number of nitrogens with two attached hydrogens (primary N) is 1. The highest BCUT2D eigenvalue weighted by Gasteiger charge is 2.21. The molecule has 0 unspecified atom stereocenters. The van der Waals surface area contributed by atoms with Gasteiger partial charge in [0.1, 0.15) is 0 Å². The molecule has 0 bridgehead atoms. The first kappa shape index (κ1) is 14.7. The molecule has 1 amide bonds. The van der Waals surface area contributed by atoms with Gasteiger partial charge in [0, 0.05) is 45.0 Å². The second-order valence-corrected chi connectivity index (χ2v) is 5.02. The minimum atomic E-state index is 0.260. The van der Waals surface area contributed by atoms with Crippen LogP contribution in [0.3, 0.4) is 0 Å². The molecular formula is C14H23N5O. The third-order valence-corrected chi connectivity index (χ3v) is 3.56. The number of carbonyl (C=O) groups excluding carboxylic acids is 1. The Bertz CT molecular complexity index is 403. The predicted octanol–water partition coefficient (Wildman–Crippen LogP) is 0.644. The van der Waals surface area contributed by atoms with Gasteiger partial charge in [-0.3, -0.25) is 4.79 Å². The van der Waals surface area contributed by atoms with Crippen molar-refractivity contribution in [1.29, 1.82) is 0 Å². The number of aromatic nitrogens is 2. The summed E-state index contributed by atoms with van der Waals surface area (Å²) in [5.41, 5.74) is 5.45. The van der Waals surface area contributed by atoms with Crippen LogP contribution in [0.5, 0.6) is 0 Å². The molecule has 2 heterocycles. The van der Waals surface area contributed by atoms with Crippen molar-refractivity contribution in [2.24, 2.45) is 5.73 Å². The van der Waals surface area contributed by atoms with Crippen LogP contribution in [0, 0.1) is 0 Å². The van der Waals surface area contributed by atoms with E-state index in [9.17, 15) is 4.79 Å². The zero-order chi connectivity index (χ0) is 14.2. The van der Waals surface area contributed by atoms with E-state index in [0.717, 1.165) is 51.4 Å². The number of rotatable bonds is 6. The summed E-state index contributed by atoms with van der Waals surface area (Å²) in [7, 11) is 0. The number of hydrogen-bond donors (Lipinski definition) is 1. The number of anilines is 1. The van der Waals surface area contributed by atoms with Gasteiger partial charge in [-0.25, -0.2) is 9.97 Å². The fourth-order valence-corrected chi connectivity index (χ4v) is 2.37. The Labute approximate surface area is 120 Å². The van der Waals surface area contributed by atoms with Crippen LogP contribution in [0.15, 0.2) is 18.5 Å². The molecule has 0 atom stereocenters. The molecule has 1 aromatic rings. The number of nitrogens with zero attached hydrogens (tertiary/aromatic N) is 4. The van der Waals surface area contributed by atoms with Crippen LogP contribution in [-0.2, 0) is 4.79 Å². The van der Waals surface area contributed by atoms with Crippen LogP contribution in [-0.4, -0.2) is 53.5 Å².